The number of hydrogen-bond donors (Lipinski definition) is 0. The molecule has 0 N–H and O–H groups in total. The molecule has 1 saturated carbocycles. The van der Waals surface area contributed by atoms with Gasteiger partial charge in [-0.25, -0.2) is 0 Å². The summed E-state index contributed by atoms with van der Waals surface area (Å²) < 4.78 is 0. The fourth-order valence-electron chi connectivity index (χ4n) is 1.97. The third-order valence-electron chi connectivity index (χ3n) is 2.63. The van der Waals surface area contributed by atoms with Crippen LogP contribution in [0, 0.1) is 0 Å². The lowest BCUT2D eigenvalue weighted by Gasteiger charge is -2.24. The molecule has 0 amide bonds. The van der Waals surface area contributed by atoms with Crippen molar-refractivity contribution in [2.75, 3.05) is 0 Å². The molecule has 2 rings (SSSR count). The number of thiophene rings is 1. The van der Waals surface area contributed by atoms with Crippen LogP contribution in [0.4, 0.5) is 0 Å². The van der Waals surface area contributed by atoms with Gasteiger partial charge in [0.15, 0.2) is 0 Å². The fourth-order valence-corrected chi connectivity index (χ4v) is 3.70. The molecular weight excluding hydrogens is 223 g/mol. The number of hydrogen-bond acceptors (Lipinski definition) is 1. The van der Waals surface area contributed by atoms with Crippen molar-refractivity contribution in [3.8, 4) is 0 Å². The summed E-state index contributed by atoms with van der Waals surface area (Å²) in [6.45, 7) is 0. The van der Waals surface area contributed by atoms with Gasteiger partial charge in [0.1, 0.15) is 0 Å². The van der Waals surface area contributed by atoms with E-state index in [-0.39, 0.29) is 0 Å². The van der Waals surface area contributed by atoms with Gasteiger partial charge in [0, 0.05) is 10.3 Å². The van der Waals surface area contributed by atoms with Gasteiger partial charge in [0.05, 0.1) is 5.02 Å². The van der Waals surface area contributed by atoms with Gasteiger partial charge >= 0.3 is 0 Å². The van der Waals surface area contributed by atoms with Crippen molar-refractivity contribution in [3.63, 3.8) is 0 Å². The molecule has 13 heavy (non-hydrogen) atoms. The van der Waals surface area contributed by atoms with Gasteiger partial charge in [-0.1, -0.05) is 18.0 Å². The molecule has 0 aromatic carbocycles. The first kappa shape index (κ1) is 9.82. The normalized spacial score (nSPS) is 29.1. The largest absolute Gasteiger partial charge is 0.147 e. The summed E-state index contributed by atoms with van der Waals surface area (Å²) in [4.78, 5) is 1.34. The fraction of sp³-hybridized carbons (Fsp3) is 0.600. The maximum Gasteiger partial charge on any atom is 0.0547 e. The van der Waals surface area contributed by atoms with Gasteiger partial charge in [-0.05, 0) is 36.6 Å². The van der Waals surface area contributed by atoms with Gasteiger partial charge in [0.2, 0.25) is 0 Å². The maximum absolute atomic E-state index is 6.14. The Hall–Kier alpha value is 0.280. The Morgan fingerprint density at radius 2 is 2.23 bits per heavy atom. The smallest absolute Gasteiger partial charge is 0.0547 e. The van der Waals surface area contributed by atoms with Crippen LogP contribution < -0.4 is 0 Å². The molecule has 0 radical (unpaired) electrons. The standard InChI is InChI=1S/C10H12Cl2S/c11-8-3-1-2-7(6-8)10-9(12)4-5-13-10/h4-5,7-8H,1-3,6H2. The Bertz CT molecular complexity index is 282. The summed E-state index contributed by atoms with van der Waals surface area (Å²) in [6.07, 6.45) is 4.76. The van der Waals surface area contributed by atoms with Crippen molar-refractivity contribution in [2.24, 2.45) is 0 Å². The summed E-state index contributed by atoms with van der Waals surface area (Å²) in [6, 6.07) is 1.99. The summed E-state index contributed by atoms with van der Waals surface area (Å²) >= 11 is 14.0. The molecule has 0 spiro atoms. The van der Waals surface area contributed by atoms with Crippen LogP contribution in [0.1, 0.15) is 36.5 Å². The molecule has 1 aromatic heterocycles. The third kappa shape index (κ3) is 2.20. The minimum Gasteiger partial charge on any atom is -0.147 e. The van der Waals surface area contributed by atoms with Crippen LogP contribution in [-0.4, -0.2) is 5.38 Å². The van der Waals surface area contributed by atoms with Gasteiger partial charge in [0.25, 0.3) is 0 Å². The quantitative estimate of drug-likeness (QED) is 0.620. The molecule has 1 aliphatic rings. The van der Waals surface area contributed by atoms with E-state index in [1.807, 2.05) is 6.07 Å². The molecular formula is C10H12Cl2S. The Morgan fingerprint density at radius 3 is 2.85 bits per heavy atom. The van der Waals surface area contributed by atoms with Crippen LogP contribution in [0.2, 0.25) is 5.02 Å². The average Bonchev–Trinajstić information content (AvgIpc) is 2.51. The third-order valence-corrected chi connectivity index (χ3v) is 4.54. The minimum atomic E-state index is 0.358. The van der Waals surface area contributed by atoms with Crippen LogP contribution >= 0.6 is 34.5 Å². The molecule has 0 saturated heterocycles. The van der Waals surface area contributed by atoms with Crippen LogP contribution in [-0.2, 0) is 0 Å². The highest BCUT2D eigenvalue weighted by molar-refractivity contribution is 7.10. The van der Waals surface area contributed by atoms with Gasteiger partial charge < -0.3 is 0 Å². The maximum atomic E-state index is 6.14. The first-order valence-corrected chi connectivity index (χ1v) is 6.33. The lowest BCUT2D eigenvalue weighted by molar-refractivity contribution is 0.454. The first-order chi connectivity index (χ1) is 6.27. The van der Waals surface area contributed by atoms with Gasteiger partial charge in [-0.2, -0.15) is 0 Å². The Balaban J connectivity index is 2.12. The van der Waals surface area contributed by atoms with E-state index in [2.05, 4.69) is 5.38 Å². The van der Waals surface area contributed by atoms with Crippen LogP contribution in [0.3, 0.4) is 0 Å². The van der Waals surface area contributed by atoms with E-state index in [0.29, 0.717) is 11.3 Å². The van der Waals surface area contributed by atoms with Crippen LogP contribution in [0.15, 0.2) is 11.4 Å². The van der Waals surface area contributed by atoms with Crippen LogP contribution in [0.25, 0.3) is 0 Å². The molecule has 0 bridgehead atoms. The lowest BCUT2D eigenvalue weighted by Crippen LogP contribution is -2.13. The van der Waals surface area contributed by atoms with Crippen molar-refractivity contribution in [1.29, 1.82) is 0 Å². The average molecular weight is 235 g/mol. The van der Waals surface area contributed by atoms with Gasteiger partial charge in [-0.15, -0.1) is 22.9 Å². The predicted molar refractivity (Wildman–Crippen MR) is 60.2 cm³/mol. The summed E-state index contributed by atoms with van der Waals surface area (Å²) in [7, 11) is 0. The highest BCUT2D eigenvalue weighted by atomic mass is 35.5. The zero-order valence-electron chi connectivity index (χ0n) is 7.30. The van der Waals surface area contributed by atoms with Crippen molar-refractivity contribution >= 4 is 34.5 Å². The molecule has 1 fully saturated rings. The Labute approximate surface area is 92.9 Å². The lowest BCUT2D eigenvalue weighted by atomic mass is 9.88. The van der Waals surface area contributed by atoms with E-state index in [1.54, 1.807) is 11.3 Å². The zero-order valence-corrected chi connectivity index (χ0v) is 9.63. The molecule has 1 aliphatic carbocycles. The molecule has 3 heteroatoms. The van der Waals surface area contributed by atoms with E-state index in [1.165, 1.54) is 24.1 Å². The summed E-state index contributed by atoms with van der Waals surface area (Å²) in [5, 5.41) is 3.35. The molecule has 0 nitrogen and oxygen atoms in total. The van der Waals surface area contributed by atoms with Crippen molar-refractivity contribution in [3.05, 3.63) is 21.3 Å². The highest BCUT2D eigenvalue weighted by Gasteiger charge is 2.23. The van der Waals surface area contributed by atoms with Gasteiger partial charge in [-0.3, -0.25) is 0 Å². The second-order valence-electron chi connectivity index (χ2n) is 3.59. The van der Waals surface area contributed by atoms with E-state index in [0.717, 1.165) is 11.4 Å². The molecule has 0 aliphatic heterocycles. The Morgan fingerprint density at radius 1 is 1.38 bits per heavy atom. The van der Waals surface area contributed by atoms with E-state index < -0.39 is 0 Å². The summed E-state index contributed by atoms with van der Waals surface area (Å²) in [5.41, 5.74) is 0. The second kappa shape index (κ2) is 4.20. The van der Waals surface area contributed by atoms with E-state index in [9.17, 15) is 0 Å². The number of halogens is 2. The summed E-state index contributed by atoms with van der Waals surface area (Å²) in [5.74, 6) is 0.615. The monoisotopic (exact) mass is 234 g/mol. The SMILES string of the molecule is Clc1ccsc1C1CCCC(Cl)C1. The van der Waals surface area contributed by atoms with Crippen LogP contribution in [0.5, 0.6) is 0 Å². The van der Waals surface area contributed by atoms with Crippen molar-refractivity contribution < 1.29 is 0 Å². The molecule has 2 unspecified atom stereocenters. The highest BCUT2D eigenvalue weighted by Crippen LogP contribution is 2.40. The van der Waals surface area contributed by atoms with Crippen molar-refractivity contribution in [2.45, 2.75) is 37.0 Å². The van der Waals surface area contributed by atoms with Crippen molar-refractivity contribution in [1.82, 2.24) is 0 Å². The Kier molecular flexibility index (Phi) is 3.18. The topological polar surface area (TPSA) is 0 Å². The molecule has 1 heterocycles. The first-order valence-electron chi connectivity index (χ1n) is 4.64. The number of alkyl halides is 1. The second-order valence-corrected chi connectivity index (χ2v) is 5.57. The predicted octanol–water partition coefficient (Wildman–Crippen LogP) is 4.67. The molecule has 72 valence electrons. The molecule has 2 atom stereocenters. The minimum absolute atomic E-state index is 0.358. The zero-order chi connectivity index (χ0) is 9.26. The van der Waals surface area contributed by atoms with E-state index >= 15 is 0 Å². The number of rotatable bonds is 1. The van der Waals surface area contributed by atoms with E-state index in [4.69, 9.17) is 23.2 Å². The molecule has 1 aromatic rings.